The molecule has 2 rings (SSSR count). The normalized spacial score (nSPS) is 17.1. The van der Waals surface area contributed by atoms with Crippen LogP contribution in [0.15, 0.2) is 18.2 Å². The van der Waals surface area contributed by atoms with Crippen LogP contribution < -0.4 is 10.1 Å². The lowest BCUT2D eigenvalue weighted by molar-refractivity contribution is 0.151. The quantitative estimate of drug-likeness (QED) is 0.825. The minimum Gasteiger partial charge on any atom is -0.491 e. The minimum absolute atomic E-state index is 0.616. The van der Waals surface area contributed by atoms with E-state index < -0.39 is 0 Å². The number of piperidine rings is 1. The van der Waals surface area contributed by atoms with E-state index in [-0.39, 0.29) is 0 Å². The van der Waals surface area contributed by atoms with Gasteiger partial charge in [0.25, 0.3) is 0 Å². The van der Waals surface area contributed by atoms with Crippen molar-refractivity contribution in [3.8, 4) is 5.75 Å². The second-order valence-corrected chi connectivity index (χ2v) is 6.44. The monoisotopic (exact) mass is 330 g/mol. The number of halogens is 2. The van der Waals surface area contributed by atoms with Crippen molar-refractivity contribution in [3.05, 3.63) is 28.2 Å². The highest BCUT2D eigenvalue weighted by molar-refractivity contribution is 6.34. The van der Waals surface area contributed by atoms with E-state index in [0.717, 1.165) is 19.0 Å². The molecule has 3 nitrogen and oxygen atoms in total. The lowest BCUT2D eigenvalue weighted by Gasteiger charge is -2.31. The van der Waals surface area contributed by atoms with Crippen molar-refractivity contribution in [2.45, 2.75) is 19.3 Å². The van der Waals surface area contributed by atoms with Gasteiger partial charge in [-0.1, -0.05) is 23.2 Å². The number of rotatable bonds is 7. The molecule has 1 fully saturated rings. The smallest absolute Gasteiger partial charge is 0.139 e. The first-order chi connectivity index (χ1) is 10.2. The maximum atomic E-state index is 6.08. The summed E-state index contributed by atoms with van der Waals surface area (Å²) in [5.41, 5.74) is 0. The molecule has 0 saturated carbocycles. The molecule has 1 saturated heterocycles. The van der Waals surface area contributed by atoms with E-state index in [2.05, 4.69) is 10.2 Å². The van der Waals surface area contributed by atoms with Gasteiger partial charge in [0.15, 0.2) is 0 Å². The van der Waals surface area contributed by atoms with Crippen LogP contribution in [0.25, 0.3) is 0 Å². The zero-order valence-electron chi connectivity index (χ0n) is 12.6. The Bertz CT molecular complexity index is 434. The molecule has 1 heterocycles. The van der Waals surface area contributed by atoms with Gasteiger partial charge in [-0.3, -0.25) is 4.90 Å². The van der Waals surface area contributed by atoms with Gasteiger partial charge in [0.1, 0.15) is 12.4 Å². The fourth-order valence-corrected chi connectivity index (χ4v) is 3.05. The van der Waals surface area contributed by atoms with Crippen molar-refractivity contribution in [2.75, 3.05) is 39.8 Å². The summed E-state index contributed by atoms with van der Waals surface area (Å²) in [5, 5.41) is 4.50. The average molecular weight is 331 g/mol. The van der Waals surface area contributed by atoms with Gasteiger partial charge in [0.05, 0.1) is 5.02 Å². The number of likely N-dealkylation sites (tertiary alicyclic amines) is 1. The highest BCUT2D eigenvalue weighted by Gasteiger charge is 2.18. The summed E-state index contributed by atoms with van der Waals surface area (Å²) in [7, 11) is 2.02. The predicted molar refractivity (Wildman–Crippen MR) is 89.7 cm³/mol. The summed E-state index contributed by atoms with van der Waals surface area (Å²) in [6.45, 7) is 5.06. The van der Waals surface area contributed by atoms with E-state index in [1.54, 1.807) is 18.2 Å². The fraction of sp³-hybridized carbons (Fsp3) is 0.625. The molecule has 0 bridgehead atoms. The Morgan fingerprint density at radius 2 is 2.05 bits per heavy atom. The van der Waals surface area contributed by atoms with E-state index in [1.165, 1.54) is 32.4 Å². The van der Waals surface area contributed by atoms with Gasteiger partial charge in [0, 0.05) is 17.6 Å². The third-order valence-corrected chi connectivity index (χ3v) is 4.62. The number of ether oxygens (including phenoxy) is 1. The molecule has 0 aliphatic carbocycles. The summed E-state index contributed by atoms with van der Waals surface area (Å²) in [5.74, 6) is 1.55. The lowest BCUT2D eigenvalue weighted by atomic mass is 9.93. The van der Waals surface area contributed by atoms with Crippen LogP contribution in [0.2, 0.25) is 10.0 Å². The van der Waals surface area contributed by atoms with Crippen LogP contribution in [0.5, 0.6) is 5.75 Å². The van der Waals surface area contributed by atoms with Crippen LogP contribution in [0.1, 0.15) is 19.3 Å². The van der Waals surface area contributed by atoms with Crippen molar-refractivity contribution in [3.63, 3.8) is 0 Å². The van der Waals surface area contributed by atoms with Gasteiger partial charge in [-0.25, -0.2) is 0 Å². The van der Waals surface area contributed by atoms with Crippen LogP contribution in [0, 0.1) is 5.92 Å². The second kappa shape index (κ2) is 8.84. The van der Waals surface area contributed by atoms with Gasteiger partial charge in [-0.15, -0.1) is 0 Å². The molecule has 0 unspecified atom stereocenters. The molecule has 1 aliphatic rings. The van der Waals surface area contributed by atoms with E-state index in [4.69, 9.17) is 27.9 Å². The Hall–Kier alpha value is -0.480. The Morgan fingerprint density at radius 1 is 1.29 bits per heavy atom. The molecule has 118 valence electrons. The topological polar surface area (TPSA) is 24.5 Å². The first-order valence-corrected chi connectivity index (χ1v) is 8.39. The predicted octanol–water partition coefficient (Wildman–Crippen LogP) is 3.69. The third kappa shape index (κ3) is 5.67. The van der Waals surface area contributed by atoms with Crippen molar-refractivity contribution in [2.24, 2.45) is 5.92 Å². The highest BCUT2D eigenvalue weighted by atomic mass is 35.5. The molecule has 1 aromatic rings. The van der Waals surface area contributed by atoms with E-state index in [9.17, 15) is 0 Å². The lowest BCUT2D eigenvalue weighted by Crippen LogP contribution is -2.37. The Kier molecular flexibility index (Phi) is 7.11. The molecule has 1 aromatic carbocycles. The summed E-state index contributed by atoms with van der Waals surface area (Å²) >= 11 is 12.0. The Morgan fingerprint density at radius 3 is 2.76 bits per heavy atom. The van der Waals surface area contributed by atoms with Crippen LogP contribution in [-0.4, -0.2) is 44.7 Å². The molecule has 1 aliphatic heterocycles. The first kappa shape index (κ1) is 16.9. The van der Waals surface area contributed by atoms with Gasteiger partial charge in [0.2, 0.25) is 0 Å². The average Bonchev–Trinajstić information content (AvgIpc) is 2.50. The van der Waals surface area contributed by atoms with Crippen molar-refractivity contribution >= 4 is 23.2 Å². The molecule has 1 N–H and O–H groups in total. The molecule has 0 spiro atoms. The summed E-state index contributed by atoms with van der Waals surface area (Å²) < 4.78 is 5.74. The summed E-state index contributed by atoms with van der Waals surface area (Å²) in [6.07, 6.45) is 3.87. The van der Waals surface area contributed by atoms with Crippen LogP contribution in [0.3, 0.4) is 0 Å². The first-order valence-electron chi connectivity index (χ1n) is 7.64. The summed E-state index contributed by atoms with van der Waals surface area (Å²) in [4.78, 5) is 2.47. The molecule has 0 radical (unpaired) electrons. The third-order valence-electron chi connectivity index (χ3n) is 4.07. The van der Waals surface area contributed by atoms with Crippen LogP contribution in [-0.2, 0) is 0 Å². The Balaban J connectivity index is 1.67. The number of benzene rings is 1. The molecule has 5 heteroatoms. The van der Waals surface area contributed by atoms with Gasteiger partial charge in [-0.05, 0) is 64.0 Å². The molecule has 0 aromatic heterocycles. The minimum atomic E-state index is 0.616. The van der Waals surface area contributed by atoms with Crippen molar-refractivity contribution in [1.82, 2.24) is 10.2 Å². The Labute approximate surface area is 137 Å². The molecular formula is C16H24Cl2N2O. The van der Waals surface area contributed by atoms with E-state index >= 15 is 0 Å². The maximum absolute atomic E-state index is 6.08. The van der Waals surface area contributed by atoms with Crippen LogP contribution in [0.4, 0.5) is 0 Å². The molecule has 21 heavy (non-hydrogen) atoms. The molecule has 0 atom stereocenters. The number of hydrogen-bond acceptors (Lipinski definition) is 3. The number of nitrogens with one attached hydrogen (secondary N) is 1. The fourth-order valence-electron chi connectivity index (χ4n) is 2.72. The van der Waals surface area contributed by atoms with E-state index in [1.807, 2.05) is 7.05 Å². The van der Waals surface area contributed by atoms with Gasteiger partial charge >= 0.3 is 0 Å². The SMILES string of the molecule is CNCCC1CCN(CCOc2cc(Cl)ccc2Cl)CC1. The standard InChI is InChI=1S/C16H24Cl2N2O/c1-19-7-4-13-5-8-20(9-6-13)10-11-21-16-12-14(17)2-3-15(16)18/h2-3,12-13,19H,4-11H2,1H3. The summed E-state index contributed by atoms with van der Waals surface area (Å²) in [6, 6.07) is 5.31. The second-order valence-electron chi connectivity index (χ2n) is 5.60. The largest absolute Gasteiger partial charge is 0.491 e. The van der Waals surface area contributed by atoms with Crippen LogP contribution >= 0.6 is 23.2 Å². The number of nitrogens with zero attached hydrogens (tertiary/aromatic N) is 1. The van der Waals surface area contributed by atoms with Crippen molar-refractivity contribution in [1.29, 1.82) is 0 Å². The maximum Gasteiger partial charge on any atom is 0.139 e. The zero-order chi connectivity index (χ0) is 15.1. The van der Waals surface area contributed by atoms with E-state index in [0.29, 0.717) is 22.4 Å². The molecule has 0 amide bonds. The van der Waals surface area contributed by atoms with Gasteiger partial charge in [-0.2, -0.15) is 0 Å². The van der Waals surface area contributed by atoms with Gasteiger partial charge < -0.3 is 10.1 Å². The number of hydrogen-bond donors (Lipinski definition) is 1. The zero-order valence-corrected chi connectivity index (χ0v) is 14.1. The van der Waals surface area contributed by atoms with Crippen molar-refractivity contribution < 1.29 is 4.74 Å². The highest BCUT2D eigenvalue weighted by Crippen LogP contribution is 2.27. The molecular weight excluding hydrogens is 307 g/mol.